The first-order valence-corrected chi connectivity index (χ1v) is 14.1. The summed E-state index contributed by atoms with van der Waals surface area (Å²) < 4.78 is 11.5. The molecule has 1 aliphatic heterocycles. The van der Waals surface area contributed by atoms with Crippen LogP contribution in [0.5, 0.6) is 17.2 Å². The molecule has 0 spiro atoms. The fraction of sp³-hybridized carbons (Fsp3) is 0.333. The number of hydrogen-bond acceptors (Lipinski definition) is 6. The zero-order chi connectivity index (χ0) is 29.5. The van der Waals surface area contributed by atoms with Crippen molar-refractivity contribution in [3.05, 3.63) is 94.6 Å². The first kappa shape index (κ1) is 29.7. The molecule has 1 atom stereocenters. The number of quaternary nitrogens is 1. The van der Waals surface area contributed by atoms with Gasteiger partial charge in [-0.1, -0.05) is 48.2 Å². The van der Waals surface area contributed by atoms with E-state index in [0.29, 0.717) is 48.7 Å². The van der Waals surface area contributed by atoms with E-state index in [1.807, 2.05) is 30.3 Å². The molecule has 0 radical (unpaired) electrons. The Bertz CT molecular complexity index is 1410. The van der Waals surface area contributed by atoms with Crippen LogP contribution in [0.1, 0.15) is 49.1 Å². The number of carbonyl (C=O) groups excluding carboxylic acids is 2. The molecule has 1 amide bonds. The molecule has 0 aliphatic carbocycles. The predicted molar refractivity (Wildman–Crippen MR) is 155 cm³/mol. The van der Waals surface area contributed by atoms with Crippen molar-refractivity contribution in [1.29, 1.82) is 0 Å². The number of aryl methyl sites for hydroxylation is 1. The number of rotatable bonds is 12. The SMILES string of the molecule is CCOc1cc(C2C(=C([O-])c3ccc(OCc4ccccc4)cc3C)C(=O)C(=O)N2CC[NH+](CC)CC)ccc1O. The minimum Gasteiger partial charge on any atom is -0.872 e. The van der Waals surface area contributed by atoms with Gasteiger partial charge in [-0.3, -0.25) is 9.59 Å². The molecule has 0 saturated carbocycles. The summed E-state index contributed by atoms with van der Waals surface area (Å²) in [5, 5.41) is 24.3. The van der Waals surface area contributed by atoms with Gasteiger partial charge in [0.25, 0.3) is 5.91 Å². The Morgan fingerprint density at radius 2 is 1.71 bits per heavy atom. The van der Waals surface area contributed by atoms with Gasteiger partial charge < -0.3 is 29.5 Å². The number of amides is 1. The number of hydrogen-bond donors (Lipinski definition) is 2. The Labute approximate surface area is 241 Å². The average Bonchev–Trinajstić information content (AvgIpc) is 3.23. The van der Waals surface area contributed by atoms with Crippen molar-refractivity contribution in [3.63, 3.8) is 0 Å². The first-order valence-electron chi connectivity index (χ1n) is 14.1. The van der Waals surface area contributed by atoms with Crippen LogP contribution in [0, 0.1) is 6.92 Å². The van der Waals surface area contributed by atoms with Crippen LogP contribution in [0.2, 0.25) is 0 Å². The second kappa shape index (κ2) is 13.4. The monoisotopic (exact) mass is 558 g/mol. The van der Waals surface area contributed by atoms with Gasteiger partial charge in [0.05, 0.1) is 38.8 Å². The van der Waals surface area contributed by atoms with Gasteiger partial charge in [-0.2, -0.15) is 0 Å². The summed E-state index contributed by atoms with van der Waals surface area (Å²) in [7, 11) is 0. The van der Waals surface area contributed by atoms with E-state index in [4.69, 9.17) is 9.47 Å². The summed E-state index contributed by atoms with van der Waals surface area (Å²) in [6.07, 6.45) is 0. The summed E-state index contributed by atoms with van der Waals surface area (Å²) in [6, 6.07) is 18.7. The molecule has 41 heavy (non-hydrogen) atoms. The number of carbonyl (C=O) groups is 2. The number of likely N-dealkylation sites (tertiary alicyclic amines) is 1. The van der Waals surface area contributed by atoms with E-state index in [1.54, 1.807) is 44.2 Å². The summed E-state index contributed by atoms with van der Waals surface area (Å²) in [5.74, 6) is -1.22. The minimum atomic E-state index is -0.898. The molecule has 2 N–H and O–H groups in total. The van der Waals surface area contributed by atoms with Crippen LogP contribution < -0.4 is 19.5 Å². The van der Waals surface area contributed by atoms with Gasteiger partial charge in [0, 0.05) is 5.57 Å². The molecule has 216 valence electrons. The summed E-state index contributed by atoms with van der Waals surface area (Å²) >= 11 is 0. The molecule has 1 saturated heterocycles. The Kier molecular flexibility index (Phi) is 9.68. The quantitative estimate of drug-likeness (QED) is 0.201. The smallest absolute Gasteiger partial charge is 0.295 e. The number of benzene rings is 3. The normalized spacial score (nSPS) is 16.4. The standard InChI is InChI=1S/C33H38N2O6/c1-5-34(6-2)17-18-35-30(24-13-16-27(36)28(20-24)40-7-3)29(32(38)33(35)39)31(37)26-15-14-25(19-22(26)4)41-21-23-11-9-8-10-12-23/h8-16,19-20,30,36-37H,5-7,17-18,21H2,1-4H3. The van der Waals surface area contributed by atoms with Gasteiger partial charge in [0.1, 0.15) is 12.4 Å². The maximum absolute atomic E-state index is 14.0. The second-order valence-electron chi connectivity index (χ2n) is 10.1. The molecular formula is C33H38N2O6. The maximum Gasteiger partial charge on any atom is 0.295 e. The average molecular weight is 559 g/mol. The van der Waals surface area contributed by atoms with Crippen LogP contribution in [0.15, 0.2) is 72.3 Å². The third-order valence-electron chi connectivity index (χ3n) is 7.53. The van der Waals surface area contributed by atoms with Gasteiger partial charge in [-0.25, -0.2) is 0 Å². The van der Waals surface area contributed by atoms with Crippen molar-refractivity contribution in [2.75, 3.05) is 32.8 Å². The largest absolute Gasteiger partial charge is 0.872 e. The highest BCUT2D eigenvalue weighted by Crippen LogP contribution is 2.41. The number of nitrogens with one attached hydrogen (secondary N) is 1. The number of ether oxygens (including phenoxy) is 2. The lowest BCUT2D eigenvalue weighted by molar-refractivity contribution is -0.895. The Balaban J connectivity index is 1.73. The third kappa shape index (κ3) is 6.55. The number of nitrogens with zero attached hydrogens (tertiary/aromatic N) is 1. The zero-order valence-electron chi connectivity index (χ0n) is 24.1. The van der Waals surface area contributed by atoms with Crippen LogP contribution in [-0.2, 0) is 16.2 Å². The molecule has 1 heterocycles. The first-order chi connectivity index (χ1) is 19.8. The van der Waals surface area contributed by atoms with Crippen molar-refractivity contribution in [2.45, 2.75) is 40.3 Å². The van der Waals surface area contributed by atoms with Crippen molar-refractivity contribution in [1.82, 2.24) is 4.90 Å². The summed E-state index contributed by atoms with van der Waals surface area (Å²) in [5.41, 5.74) is 2.42. The molecule has 8 nitrogen and oxygen atoms in total. The molecule has 1 fully saturated rings. The summed E-state index contributed by atoms with van der Waals surface area (Å²) in [6.45, 7) is 11.1. The lowest BCUT2D eigenvalue weighted by atomic mass is 9.93. The molecule has 4 rings (SSSR count). The van der Waals surface area contributed by atoms with E-state index < -0.39 is 23.5 Å². The molecule has 8 heteroatoms. The van der Waals surface area contributed by atoms with E-state index >= 15 is 0 Å². The van der Waals surface area contributed by atoms with Gasteiger partial charge in [0.15, 0.2) is 11.5 Å². The zero-order valence-corrected chi connectivity index (χ0v) is 24.1. The van der Waals surface area contributed by atoms with Crippen LogP contribution in [0.25, 0.3) is 5.76 Å². The van der Waals surface area contributed by atoms with E-state index in [0.717, 1.165) is 18.7 Å². The Morgan fingerprint density at radius 3 is 2.37 bits per heavy atom. The lowest BCUT2D eigenvalue weighted by Crippen LogP contribution is -3.12. The number of aromatic hydroxyl groups is 1. The van der Waals surface area contributed by atoms with E-state index in [-0.39, 0.29) is 17.1 Å². The van der Waals surface area contributed by atoms with Crippen molar-refractivity contribution in [2.24, 2.45) is 0 Å². The number of Topliss-reactive ketones (excluding diaryl/α,β-unsaturated/α-hetero) is 1. The number of likely N-dealkylation sites (N-methyl/N-ethyl adjacent to an activating group) is 1. The molecule has 0 bridgehead atoms. The second-order valence-corrected chi connectivity index (χ2v) is 10.1. The molecule has 1 unspecified atom stereocenters. The van der Waals surface area contributed by atoms with Gasteiger partial charge in [0.2, 0.25) is 5.78 Å². The highest BCUT2D eigenvalue weighted by Gasteiger charge is 2.44. The van der Waals surface area contributed by atoms with Gasteiger partial charge in [-0.05, 0) is 74.2 Å². The molecule has 3 aromatic carbocycles. The summed E-state index contributed by atoms with van der Waals surface area (Å²) in [4.78, 5) is 29.6. The fourth-order valence-electron chi connectivity index (χ4n) is 5.17. The van der Waals surface area contributed by atoms with Crippen molar-refractivity contribution >= 4 is 17.4 Å². The fourth-order valence-corrected chi connectivity index (χ4v) is 5.17. The highest BCUT2D eigenvalue weighted by molar-refractivity contribution is 6.46. The van der Waals surface area contributed by atoms with Gasteiger partial charge in [-0.15, -0.1) is 0 Å². The number of phenols is 1. The number of ketones is 1. The molecule has 3 aromatic rings. The van der Waals surface area contributed by atoms with E-state index in [9.17, 15) is 19.8 Å². The van der Waals surface area contributed by atoms with E-state index in [1.165, 1.54) is 15.9 Å². The Hall–Kier alpha value is -4.30. The van der Waals surface area contributed by atoms with Crippen LogP contribution in [-0.4, -0.2) is 54.5 Å². The molecular weight excluding hydrogens is 520 g/mol. The topological polar surface area (TPSA) is 104 Å². The van der Waals surface area contributed by atoms with Crippen molar-refractivity contribution in [3.8, 4) is 17.2 Å². The highest BCUT2D eigenvalue weighted by atomic mass is 16.5. The number of phenolic OH excluding ortho intramolecular Hbond substituents is 1. The van der Waals surface area contributed by atoms with Crippen LogP contribution in [0.3, 0.4) is 0 Å². The van der Waals surface area contributed by atoms with Crippen molar-refractivity contribution < 1.29 is 34.2 Å². The van der Waals surface area contributed by atoms with Gasteiger partial charge >= 0.3 is 0 Å². The third-order valence-corrected chi connectivity index (χ3v) is 7.53. The maximum atomic E-state index is 14.0. The molecule has 0 aromatic heterocycles. The van der Waals surface area contributed by atoms with E-state index in [2.05, 4.69) is 13.8 Å². The molecule has 1 aliphatic rings. The minimum absolute atomic E-state index is 0.0554. The predicted octanol–water partition coefficient (Wildman–Crippen LogP) is 2.83. The lowest BCUT2D eigenvalue weighted by Gasteiger charge is -2.29. The van der Waals surface area contributed by atoms with Crippen LogP contribution in [0.4, 0.5) is 0 Å². The van der Waals surface area contributed by atoms with Crippen LogP contribution >= 0.6 is 0 Å². The Morgan fingerprint density at radius 1 is 0.976 bits per heavy atom.